The monoisotopic (exact) mass is 500 g/mol. The summed E-state index contributed by atoms with van der Waals surface area (Å²) in [5, 5.41) is 3.22. The third-order valence-electron chi connectivity index (χ3n) is 5.35. The van der Waals surface area contributed by atoms with Crippen molar-refractivity contribution in [3.8, 4) is 5.75 Å². The topological polar surface area (TPSA) is 84.5 Å². The van der Waals surface area contributed by atoms with Crippen molar-refractivity contribution in [1.29, 1.82) is 0 Å². The first kappa shape index (κ1) is 25.6. The Bertz CT molecular complexity index is 1270. The number of sulfonamides is 1. The van der Waals surface area contributed by atoms with Crippen molar-refractivity contribution in [3.05, 3.63) is 82.9 Å². The van der Waals surface area contributed by atoms with Gasteiger partial charge in [-0.25, -0.2) is 8.42 Å². The fourth-order valence-electron chi connectivity index (χ4n) is 3.17. The summed E-state index contributed by atoms with van der Waals surface area (Å²) in [5.41, 5.74) is 2.71. The van der Waals surface area contributed by atoms with E-state index in [0.29, 0.717) is 27.7 Å². The largest absolute Gasteiger partial charge is 0.481 e. The fraction of sp³-hybridized carbons (Fsp3) is 0.269. The summed E-state index contributed by atoms with van der Waals surface area (Å²) < 4.78 is 33.8. The lowest BCUT2D eigenvalue weighted by Crippen LogP contribution is -2.30. The van der Waals surface area contributed by atoms with Gasteiger partial charge in [0.25, 0.3) is 15.9 Å². The molecule has 0 heterocycles. The zero-order chi connectivity index (χ0) is 25.1. The third kappa shape index (κ3) is 6.30. The first-order valence-corrected chi connectivity index (χ1v) is 12.7. The number of ether oxygens (including phenoxy) is 1. The molecular formula is C26H29ClN2O4S. The van der Waals surface area contributed by atoms with Gasteiger partial charge >= 0.3 is 0 Å². The van der Waals surface area contributed by atoms with Crippen LogP contribution in [0.15, 0.2) is 71.6 Å². The molecule has 6 nitrogen and oxygen atoms in total. The number of amides is 1. The zero-order valence-corrected chi connectivity index (χ0v) is 21.4. The molecular weight excluding hydrogens is 472 g/mol. The van der Waals surface area contributed by atoms with Crippen LogP contribution in [0, 0.1) is 6.92 Å². The second-order valence-corrected chi connectivity index (χ2v) is 11.2. The van der Waals surface area contributed by atoms with Crippen LogP contribution < -0.4 is 14.8 Å². The van der Waals surface area contributed by atoms with Crippen LogP contribution in [0.1, 0.15) is 38.8 Å². The predicted octanol–water partition coefficient (Wildman–Crippen LogP) is 6.15. The van der Waals surface area contributed by atoms with E-state index < -0.39 is 16.1 Å². The molecule has 2 N–H and O–H groups in total. The van der Waals surface area contributed by atoms with Crippen LogP contribution >= 0.6 is 11.6 Å². The van der Waals surface area contributed by atoms with Gasteiger partial charge in [0.2, 0.25) is 0 Å². The molecule has 0 aliphatic carbocycles. The summed E-state index contributed by atoms with van der Waals surface area (Å²) in [4.78, 5) is 12.6. The molecule has 3 aromatic rings. The van der Waals surface area contributed by atoms with E-state index >= 15 is 0 Å². The van der Waals surface area contributed by atoms with E-state index in [1.54, 1.807) is 32.0 Å². The lowest BCUT2D eigenvalue weighted by atomic mass is 9.87. The van der Waals surface area contributed by atoms with Crippen LogP contribution in [0.25, 0.3) is 0 Å². The second-order valence-electron chi connectivity index (χ2n) is 9.07. The van der Waals surface area contributed by atoms with Gasteiger partial charge in [-0.15, -0.1) is 0 Å². The molecule has 3 aromatic carbocycles. The molecule has 1 amide bonds. The smallest absolute Gasteiger partial charge is 0.265 e. The standard InChI is InChI=1S/C26H29ClN2O4S/c1-17-23(27)7-6-8-24(17)29-34(31,32)22-15-11-20(12-16-22)28-25(30)18(2)33-21-13-9-19(10-14-21)26(3,4)5/h6-16,18,29H,1-5H3,(H,28,30)/t18-/m0/s1. The molecule has 0 aromatic heterocycles. The van der Waals surface area contributed by atoms with Crippen molar-refractivity contribution < 1.29 is 17.9 Å². The molecule has 0 aliphatic heterocycles. The van der Waals surface area contributed by atoms with E-state index in [1.165, 1.54) is 29.8 Å². The van der Waals surface area contributed by atoms with Crippen LogP contribution in [0.5, 0.6) is 5.75 Å². The Balaban J connectivity index is 1.63. The van der Waals surface area contributed by atoms with Gasteiger partial charge in [0.1, 0.15) is 5.75 Å². The lowest BCUT2D eigenvalue weighted by Gasteiger charge is -2.20. The maximum atomic E-state index is 12.7. The van der Waals surface area contributed by atoms with Crippen molar-refractivity contribution >= 4 is 38.9 Å². The first-order chi connectivity index (χ1) is 15.9. The normalized spacial score (nSPS) is 12.6. The van der Waals surface area contributed by atoms with Gasteiger partial charge in [0.05, 0.1) is 10.6 Å². The average Bonchev–Trinajstić information content (AvgIpc) is 2.77. The van der Waals surface area contributed by atoms with Crippen LogP contribution in [0.2, 0.25) is 5.02 Å². The number of benzene rings is 3. The molecule has 0 spiro atoms. The van der Waals surface area contributed by atoms with Crippen molar-refractivity contribution in [1.82, 2.24) is 0 Å². The van der Waals surface area contributed by atoms with Crippen LogP contribution in [0.4, 0.5) is 11.4 Å². The lowest BCUT2D eigenvalue weighted by molar-refractivity contribution is -0.122. The molecule has 3 rings (SSSR count). The van der Waals surface area contributed by atoms with Gasteiger partial charge in [0.15, 0.2) is 6.10 Å². The molecule has 0 unspecified atom stereocenters. The number of rotatable bonds is 7. The summed E-state index contributed by atoms with van der Waals surface area (Å²) in [6, 6.07) is 18.6. The Kier molecular flexibility index (Phi) is 7.58. The number of carbonyl (C=O) groups excluding carboxylic acids is 1. The highest BCUT2D eigenvalue weighted by Crippen LogP contribution is 2.27. The molecule has 0 fully saturated rings. The van der Waals surface area contributed by atoms with E-state index in [4.69, 9.17) is 16.3 Å². The molecule has 0 saturated carbocycles. The quantitative estimate of drug-likeness (QED) is 0.407. The minimum Gasteiger partial charge on any atom is -0.481 e. The Morgan fingerprint density at radius 2 is 1.59 bits per heavy atom. The van der Waals surface area contributed by atoms with Gasteiger partial charge < -0.3 is 10.1 Å². The van der Waals surface area contributed by atoms with E-state index in [-0.39, 0.29) is 16.2 Å². The van der Waals surface area contributed by atoms with Crippen molar-refractivity contribution in [2.45, 2.75) is 51.0 Å². The SMILES string of the molecule is Cc1c(Cl)cccc1NS(=O)(=O)c1ccc(NC(=O)[C@H](C)Oc2ccc(C(C)(C)C)cc2)cc1. The molecule has 34 heavy (non-hydrogen) atoms. The summed E-state index contributed by atoms with van der Waals surface area (Å²) in [6.45, 7) is 9.78. The highest BCUT2D eigenvalue weighted by atomic mass is 35.5. The molecule has 180 valence electrons. The van der Waals surface area contributed by atoms with Crippen LogP contribution in [0.3, 0.4) is 0 Å². The highest BCUT2D eigenvalue weighted by Gasteiger charge is 2.19. The van der Waals surface area contributed by atoms with Gasteiger partial charge in [0, 0.05) is 10.7 Å². The molecule has 0 radical (unpaired) electrons. The zero-order valence-electron chi connectivity index (χ0n) is 19.8. The summed E-state index contributed by atoms with van der Waals surface area (Å²) in [7, 11) is -3.82. The Morgan fingerprint density at radius 3 is 2.18 bits per heavy atom. The van der Waals surface area contributed by atoms with Crippen molar-refractivity contribution in [2.24, 2.45) is 0 Å². The summed E-state index contributed by atoms with van der Waals surface area (Å²) in [6.07, 6.45) is -0.739. The molecule has 0 saturated heterocycles. The Labute approximate surface area is 206 Å². The second kappa shape index (κ2) is 10.1. The third-order valence-corrected chi connectivity index (χ3v) is 7.14. The number of nitrogens with one attached hydrogen (secondary N) is 2. The fourth-order valence-corrected chi connectivity index (χ4v) is 4.47. The minimum absolute atomic E-state index is 0.0314. The highest BCUT2D eigenvalue weighted by molar-refractivity contribution is 7.92. The minimum atomic E-state index is -3.82. The first-order valence-electron chi connectivity index (χ1n) is 10.8. The van der Waals surface area contributed by atoms with Crippen molar-refractivity contribution in [2.75, 3.05) is 10.0 Å². The van der Waals surface area contributed by atoms with Gasteiger partial charge in [-0.3, -0.25) is 9.52 Å². The van der Waals surface area contributed by atoms with E-state index in [0.717, 1.165) is 0 Å². The molecule has 0 aliphatic rings. The number of anilines is 2. The Hall–Kier alpha value is -3.03. The van der Waals surface area contributed by atoms with Gasteiger partial charge in [-0.2, -0.15) is 0 Å². The van der Waals surface area contributed by atoms with Crippen LogP contribution in [-0.2, 0) is 20.2 Å². The predicted molar refractivity (Wildman–Crippen MR) is 137 cm³/mol. The van der Waals surface area contributed by atoms with Crippen molar-refractivity contribution in [3.63, 3.8) is 0 Å². The molecule has 0 bridgehead atoms. The van der Waals surface area contributed by atoms with Crippen LogP contribution in [-0.4, -0.2) is 20.4 Å². The summed E-state index contributed by atoms with van der Waals surface area (Å²) in [5.74, 6) is 0.252. The number of hydrogen-bond donors (Lipinski definition) is 2. The molecule has 8 heteroatoms. The maximum Gasteiger partial charge on any atom is 0.265 e. The van der Waals surface area contributed by atoms with E-state index in [1.807, 2.05) is 24.3 Å². The van der Waals surface area contributed by atoms with Gasteiger partial charge in [-0.1, -0.05) is 50.6 Å². The number of hydrogen-bond acceptors (Lipinski definition) is 4. The van der Waals surface area contributed by atoms with E-state index in [9.17, 15) is 13.2 Å². The Morgan fingerprint density at radius 1 is 0.971 bits per heavy atom. The number of halogens is 1. The number of carbonyl (C=O) groups is 1. The molecule has 1 atom stereocenters. The maximum absolute atomic E-state index is 12.7. The summed E-state index contributed by atoms with van der Waals surface area (Å²) >= 11 is 6.07. The van der Waals surface area contributed by atoms with Gasteiger partial charge in [-0.05, 0) is 78.9 Å². The average molecular weight is 501 g/mol. The van der Waals surface area contributed by atoms with E-state index in [2.05, 4.69) is 30.8 Å².